The second-order valence-corrected chi connectivity index (χ2v) is 7.25. The zero-order valence-corrected chi connectivity index (χ0v) is 15.7. The molecule has 1 N–H and O–H groups in total. The first kappa shape index (κ1) is 20.1. The fourth-order valence-electron chi connectivity index (χ4n) is 2.66. The van der Waals surface area contributed by atoms with Crippen LogP contribution in [0.4, 0.5) is 17.6 Å². The van der Waals surface area contributed by atoms with E-state index >= 15 is 0 Å². The number of carbonyl (C=O) groups excluding carboxylic acids is 1. The van der Waals surface area contributed by atoms with E-state index in [2.05, 4.69) is 14.5 Å². The quantitative estimate of drug-likeness (QED) is 0.630. The lowest BCUT2D eigenvalue weighted by Gasteiger charge is -2.31. The average molecular weight is 440 g/mol. The van der Waals surface area contributed by atoms with Crippen LogP contribution in [0.15, 0.2) is 59.7 Å². The first-order chi connectivity index (χ1) is 14.2. The summed E-state index contributed by atoms with van der Waals surface area (Å²) in [5.74, 6) is -1.72. The maximum Gasteiger partial charge on any atom is 0.507 e. The van der Waals surface area contributed by atoms with Gasteiger partial charge in [0.2, 0.25) is 0 Å². The van der Waals surface area contributed by atoms with Gasteiger partial charge in [0.15, 0.2) is 16.3 Å². The first-order valence-corrected chi connectivity index (χ1v) is 9.26. The van der Waals surface area contributed by atoms with E-state index in [1.54, 1.807) is 30.3 Å². The first-order valence-electron chi connectivity index (χ1n) is 8.44. The second-order valence-electron chi connectivity index (χ2n) is 6.16. The molecule has 11 heteroatoms. The maximum atomic E-state index is 13.5. The predicted molar refractivity (Wildman–Crippen MR) is 97.1 cm³/mol. The number of thiazole rings is 1. The maximum absolute atomic E-state index is 13.5. The van der Waals surface area contributed by atoms with Crippen molar-refractivity contribution in [1.82, 2.24) is 4.57 Å². The Hall–Kier alpha value is -3.18. The number of carbonyl (C=O) groups is 1. The molecule has 1 aliphatic heterocycles. The van der Waals surface area contributed by atoms with Crippen LogP contribution in [0.1, 0.15) is 15.2 Å². The number of hydrogen-bond donors (Lipinski definition) is 1. The van der Waals surface area contributed by atoms with E-state index in [9.17, 15) is 27.5 Å². The number of ether oxygens (including phenoxy) is 2. The molecule has 1 aliphatic rings. The number of halogens is 4. The van der Waals surface area contributed by atoms with Gasteiger partial charge in [0.1, 0.15) is 0 Å². The number of benzene rings is 2. The summed E-state index contributed by atoms with van der Waals surface area (Å²) >= 11 is 1.000. The third-order valence-electron chi connectivity index (χ3n) is 4.10. The van der Waals surface area contributed by atoms with Crippen molar-refractivity contribution < 1.29 is 36.9 Å². The van der Waals surface area contributed by atoms with Gasteiger partial charge in [-0.15, -0.1) is 0 Å². The van der Waals surface area contributed by atoms with E-state index in [-0.39, 0.29) is 17.1 Å². The van der Waals surface area contributed by atoms with Crippen molar-refractivity contribution in [3.05, 3.63) is 70.0 Å². The fraction of sp³-hybridized carbons (Fsp3) is 0.158. The largest absolute Gasteiger partial charge is 0.507 e. The van der Waals surface area contributed by atoms with Crippen LogP contribution in [0.5, 0.6) is 11.5 Å². The molecule has 156 valence electrons. The molecule has 2 heterocycles. The Bertz CT molecular complexity index is 1170. The number of amides is 1. The summed E-state index contributed by atoms with van der Waals surface area (Å²) in [7, 11) is 0. The molecular formula is C19H12F4N2O4S. The Morgan fingerprint density at radius 1 is 1.03 bits per heavy atom. The van der Waals surface area contributed by atoms with E-state index in [0.29, 0.717) is 10.4 Å². The molecule has 0 atom stereocenters. The van der Waals surface area contributed by atoms with Gasteiger partial charge in [-0.3, -0.25) is 9.36 Å². The zero-order chi connectivity index (χ0) is 21.5. The van der Waals surface area contributed by atoms with Gasteiger partial charge in [-0.05, 0) is 24.3 Å². The molecule has 0 bridgehead atoms. The van der Waals surface area contributed by atoms with Crippen LogP contribution in [0.2, 0.25) is 0 Å². The third-order valence-corrected chi connectivity index (χ3v) is 5.06. The molecule has 2 aromatic carbocycles. The van der Waals surface area contributed by atoms with Crippen molar-refractivity contribution in [3.8, 4) is 17.2 Å². The predicted octanol–water partition coefficient (Wildman–Crippen LogP) is 3.73. The highest BCUT2D eigenvalue weighted by Gasteiger charge is 2.65. The van der Waals surface area contributed by atoms with Crippen molar-refractivity contribution >= 4 is 17.2 Å². The average Bonchev–Trinajstić information content (AvgIpc) is 3.11. The van der Waals surface area contributed by atoms with Gasteiger partial charge < -0.3 is 14.6 Å². The SMILES string of the molecule is O=C(N=c1sc(CO)cn1-c1ccc2c(c1)OC(F)(F)C(F)(F)O2)c1ccccc1. The number of aliphatic hydroxyl groups excluding tert-OH is 1. The van der Waals surface area contributed by atoms with Crippen molar-refractivity contribution in [2.24, 2.45) is 4.99 Å². The second kappa shape index (κ2) is 7.26. The lowest BCUT2D eigenvalue weighted by molar-refractivity contribution is -0.391. The minimum Gasteiger partial charge on any atom is -0.421 e. The number of aliphatic hydroxyl groups is 1. The highest BCUT2D eigenvalue weighted by Crippen LogP contribution is 2.47. The van der Waals surface area contributed by atoms with E-state index in [1.165, 1.54) is 16.8 Å². The van der Waals surface area contributed by atoms with Crippen LogP contribution >= 0.6 is 11.3 Å². The summed E-state index contributed by atoms with van der Waals surface area (Å²) in [5.41, 5.74) is 0.515. The van der Waals surface area contributed by atoms with E-state index in [0.717, 1.165) is 23.5 Å². The lowest BCUT2D eigenvalue weighted by atomic mass is 10.2. The Balaban J connectivity index is 1.78. The van der Waals surface area contributed by atoms with Crippen LogP contribution in [-0.2, 0) is 6.61 Å². The molecule has 0 saturated carbocycles. The highest BCUT2D eigenvalue weighted by atomic mass is 32.1. The lowest BCUT2D eigenvalue weighted by Crippen LogP contribution is -2.52. The summed E-state index contributed by atoms with van der Waals surface area (Å²) in [4.78, 5) is 17.0. The molecule has 30 heavy (non-hydrogen) atoms. The van der Waals surface area contributed by atoms with Crippen LogP contribution in [0.3, 0.4) is 0 Å². The molecule has 0 radical (unpaired) electrons. The molecule has 6 nitrogen and oxygen atoms in total. The van der Waals surface area contributed by atoms with Crippen LogP contribution < -0.4 is 14.3 Å². The highest BCUT2D eigenvalue weighted by molar-refractivity contribution is 7.09. The third kappa shape index (κ3) is 3.57. The normalized spacial score (nSPS) is 17.0. The van der Waals surface area contributed by atoms with Crippen molar-refractivity contribution in [3.63, 3.8) is 0 Å². The minimum atomic E-state index is -4.86. The summed E-state index contributed by atoms with van der Waals surface area (Å²) in [5, 5.41) is 9.44. The van der Waals surface area contributed by atoms with Gasteiger partial charge in [-0.25, -0.2) is 0 Å². The van der Waals surface area contributed by atoms with Gasteiger partial charge in [0.05, 0.1) is 17.2 Å². The van der Waals surface area contributed by atoms with Gasteiger partial charge in [-0.2, -0.15) is 22.6 Å². The monoisotopic (exact) mass is 440 g/mol. The molecule has 1 amide bonds. The Morgan fingerprint density at radius 2 is 1.70 bits per heavy atom. The summed E-state index contributed by atoms with van der Waals surface area (Å²) in [6, 6.07) is 11.6. The molecule has 0 fully saturated rings. The number of alkyl halides is 4. The molecular weight excluding hydrogens is 428 g/mol. The topological polar surface area (TPSA) is 73.0 Å². The molecule has 0 spiro atoms. The van der Waals surface area contributed by atoms with Gasteiger partial charge in [0.25, 0.3) is 5.91 Å². The molecule has 1 aromatic heterocycles. The van der Waals surface area contributed by atoms with Crippen molar-refractivity contribution in [1.29, 1.82) is 0 Å². The standard InChI is InChI=1S/C19H12F4N2O4S/c20-18(21)19(22,23)29-15-8-12(6-7-14(15)28-18)25-9-13(10-26)30-17(25)24-16(27)11-4-2-1-3-5-11/h1-9,26H,10H2. The fourth-order valence-corrected chi connectivity index (χ4v) is 3.51. The molecule has 4 rings (SSSR count). The molecule has 0 aliphatic carbocycles. The summed E-state index contributed by atoms with van der Waals surface area (Å²) in [6.07, 6.45) is -8.23. The Morgan fingerprint density at radius 3 is 2.37 bits per heavy atom. The molecule has 0 unspecified atom stereocenters. The summed E-state index contributed by atoms with van der Waals surface area (Å²) in [6.45, 7) is -0.353. The van der Waals surface area contributed by atoms with Crippen LogP contribution in [-0.4, -0.2) is 27.8 Å². The Labute approximate surface area is 170 Å². The zero-order valence-electron chi connectivity index (χ0n) is 14.9. The summed E-state index contributed by atoms with van der Waals surface area (Å²) < 4.78 is 63.2. The number of rotatable bonds is 3. The molecule has 0 saturated heterocycles. The smallest absolute Gasteiger partial charge is 0.421 e. The van der Waals surface area contributed by atoms with Gasteiger partial charge in [0, 0.05) is 17.8 Å². The minimum absolute atomic E-state index is 0.140. The molecule has 3 aromatic rings. The Kier molecular flexibility index (Phi) is 4.86. The van der Waals surface area contributed by atoms with E-state index in [4.69, 9.17) is 0 Å². The van der Waals surface area contributed by atoms with E-state index < -0.39 is 29.6 Å². The van der Waals surface area contributed by atoms with Gasteiger partial charge in [-0.1, -0.05) is 29.5 Å². The number of fused-ring (bicyclic) bond motifs is 1. The number of nitrogens with zero attached hydrogens (tertiary/aromatic N) is 2. The van der Waals surface area contributed by atoms with Crippen LogP contribution in [0, 0.1) is 0 Å². The van der Waals surface area contributed by atoms with Crippen LogP contribution in [0.25, 0.3) is 5.69 Å². The van der Waals surface area contributed by atoms with Crippen molar-refractivity contribution in [2.45, 2.75) is 18.8 Å². The number of aromatic nitrogens is 1. The van der Waals surface area contributed by atoms with E-state index in [1.807, 2.05) is 0 Å². The van der Waals surface area contributed by atoms with Gasteiger partial charge >= 0.3 is 12.2 Å². The number of hydrogen-bond acceptors (Lipinski definition) is 5. The van der Waals surface area contributed by atoms with Crippen molar-refractivity contribution in [2.75, 3.05) is 0 Å².